The molecule has 8 heteroatoms. The molecule has 0 aliphatic carbocycles. The lowest BCUT2D eigenvalue weighted by molar-refractivity contribution is -0.132. The molecule has 150 valence electrons. The lowest BCUT2D eigenvalue weighted by Crippen LogP contribution is -2.51. The van der Waals surface area contributed by atoms with Crippen LogP contribution in [0.1, 0.15) is 22.5 Å². The number of aromatic nitrogens is 2. The summed E-state index contributed by atoms with van der Waals surface area (Å²) in [5, 5.41) is 6.97. The van der Waals surface area contributed by atoms with E-state index in [0.29, 0.717) is 49.6 Å². The van der Waals surface area contributed by atoms with Crippen LogP contribution in [0.5, 0.6) is 0 Å². The monoisotopic (exact) mass is 387 g/mol. The zero-order valence-corrected chi connectivity index (χ0v) is 16.5. The number of hydrogen-bond donors (Lipinski definition) is 1. The van der Waals surface area contributed by atoms with Gasteiger partial charge in [0.1, 0.15) is 11.5 Å². The number of piperazine rings is 1. The zero-order chi connectivity index (χ0) is 20.3. The summed E-state index contributed by atoms with van der Waals surface area (Å²) in [4.78, 5) is 30.5. The Morgan fingerprint density at radius 2 is 1.82 bits per heavy atom. The molecule has 1 aliphatic heterocycles. The van der Waals surface area contributed by atoms with E-state index in [-0.39, 0.29) is 17.6 Å². The number of aromatic amines is 1. The van der Waals surface area contributed by atoms with Gasteiger partial charge in [0.2, 0.25) is 5.91 Å². The molecule has 0 atom stereocenters. The van der Waals surface area contributed by atoms with E-state index in [1.807, 2.05) is 23.9 Å². The molecule has 3 rings (SSSR count). The smallest absolute Gasteiger partial charge is 0.272 e. The number of halogens is 1. The van der Waals surface area contributed by atoms with E-state index in [4.69, 9.17) is 0 Å². The van der Waals surface area contributed by atoms with Crippen molar-refractivity contribution in [1.82, 2.24) is 24.9 Å². The molecule has 0 radical (unpaired) electrons. The second-order valence-electron chi connectivity index (χ2n) is 7.36. The molecule has 0 saturated carbocycles. The van der Waals surface area contributed by atoms with Crippen LogP contribution in [-0.4, -0.2) is 83.5 Å². The Kier molecular flexibility index (Phi) is 6.08. The van der Waals surface area contributed by atoms with Crippen LogP contribution >= 0.6 is 0 Å². The highest BCUT2D eigenvalue weighted by Crippen LogP contribution is 2.21. The molecule has 7 nitrogen and oxygen atoms in total. The lowest BCUT2D eigenvalue weighted by Gasteiger charge is -2.34. The molecule has 0 bridgehead atoms. The second kappa shape index (κ2) is 8.52. The highest BCUT2D eigenvalue weighted by atomic mass is 19.1. The standard InChI is InChI=1S/C20H26FN5O2/c1-14-12-15(4-5-16(14)21)17-13-18(23-22-17)20(28)26-10-8-25(9-11-26)19(27)6-7-24(2)3/h4-5,12-13H,6-11H2,1-3H3,(H,22,23). The Labute approximate surface area is 164 Å². The van der Waals surface area contributed by atoms with E-state index in [9.17, 15) is 14.0 Å². The van der Waals surface area contributed by atoms with E-state index in [1.165, 1.54) is 6.07 Å². The summed E-state index contributed by atoms with van der Waals surface area (Å²) in [6.45, 7) is 4.48. The summed E-state index contributed by atoms with van der Waals surface area (Å²) in [5.41, 5.74) is 2.28. The van der Waals surface area contributed by atoms with Gasteiger partial charge in [0.25, 0.3) is 5.91 Å². The fourth-order valence-electron chi connectivity index (χ4n) is 3.19. The van der Waals surface area contributed by atoms with Crippen molar-refractivity contribution in [2.45, 2.75) is 13.3 Å². The highest BCUT2D eigenvalue weighted by molar-refractivity contribution is 5.93. The van der Waals surface area contributed by atoms with Crippen molar-refractivity contribution in [3.8, 4) is 11.3 Å². The molecule has 2 amide bonds. The molecule has 1 saturated heterocycles. The predicted molar refractivity (Wildman–Crippen MR) is 104 cm³/mol. The maximum Gasteiger partial charge on any atom is 0.272 e. The first-order valence-electron chi connectivity index (χ1n) is 9.39. The molecule has 1 aromatic carbocycles. The van der Waals surface area contributed by atoms with Crippen molar-refractivity contribution in [1.29, 1.82) is 0 Å². The number of rotatable bonds is 5. The first-order valence-corrected chi connectivity index (χ1v) is 9.39. The number of benzene rings is 1. The van der Waals surface area contributed by atoms with E-state index in [0.717, 1.165) is 12.1 Å². The fraction of sp³-hybridized carbons (Fsp3) is 0.450. The van der Waals surface area contributed by atoms with Crippen LogP contribution in [0.25, 0.3) is 11.3 Å². The van der Waals surface area contributed by atoms with Crippen LogP contribution in [0.3, 0.4) is 0 Å². The highest BCUT2D eigenvalue weighted by Gasteiger charge is 2.25. The van der Waals surface area contributed by atoms with Crippen LogP contribution in [0, 0.1) is 12.7 Å². The van der Waals surface area contributed by atoms with E-state index < -0.39 is 0 Å². The quantitative estimate of drug-likeness (QED) is 0.849. The third-order valence-electron chi connectivity index (χ3n) is 4.95. The average molecular weight is 387 g/mol. The largest absolute Gasteiger partial charge is 0.339 e. The van der Waals surface area contributed by atoms with Crippen LogP contribution in [-0.2, 0) is 4.79 Å². The minimum absolute atomic E-state index is 0.122. The topological polar surface area (TPSA) is 72.5 Å². The molecular weight excluding hydrogens is 361 g/mol. The summed E-state index contributed by atoms with van der Waals surface area (Å²) in [6, 6.07) is 6.43. The number of amides is 2. The summed E-state index contributed by atoms with van der Waals surface area (Å²) in [5.74, 6) is -0.289. The number of carbonyl (C=O) groups is 2. The molecule has 28 heavy (non-hydrogen) atoms. The Hall–Kier alpha value is -2.74. The minimum Gasteiger partial charge on any atom is -0.339 e. The van der Waals surface area contributed by atoms with Crippen LogP contribution < -0.4 is 0 Å². The van der Waals surface area contributed by atoms with Crippen LogP contribution in [0.15, 0.2) is 24.3 Å². The van der Waals surface area contributed by atoms with Gasteiger partial charge < -0.3 is 14.7 Å². The first kappa shape index (κ1) is 20.0. The number of nitrogens with zero attached hydrogens (tertiary/aromatic N) is 4. The maximum atomic E-state index is 13.4. The Balaban J connectivity index is 1.59. The van der Waals surface area contributed by atoms with Crippen molar-refractivity contribution in [3.63, 3.8) is 0 Å². The maximum absolute atomic E-state index is 13.4. The lowest BCUT2D eigenvalue weighted by atomic mass is 10.1. The second-order valence-corrected chi connectivity index (χ2v) is 7.36. The first-order chi connectivity index (χ1) is 13.3. The van der Waals surface area contributed by atoms with E-state index >= 15 is 0 Å². The molecule has 1 aliphatic rings. The van der Waals surface area contributed by atoms with Gasteiger partial charge in [-0.05, 0) is 50.8 Å². The summed E-state index contributed by atoms with van der Waals surface area (Å²) in [7, 11) is 3.88. The minimum atomic E-state index is -0.270. The van der Waals surface area contributed by atoms with Gasteiger partial charge in [-0.25, -0.2) is 4.39 Å². The Bertz CT molecular complexity index is 856. The van der Waals surface area contributed by atoms with Crippen molar-refractivity contribution >= 4 is 11.8 Å². The summed E-state index contributed by atoms with van der Waals surface area (Å²) < 4.78 is 13.4. The van der Waals surface area contributed by atoms with Gasteiger partial charge in [-0.15, -0.1) is 0 Å². The van der Waals surface area contributed by atoms with Crippen LogP contribution in [0.4, 0.5) is 4.39 Å². The van der Waals surface area contributed by atoms with Gasteiger partial charge >= 0.3 is 0 Å². The third-order valence-corrected chi connectivity index (χ3v) is 4.95. The number of carbonyl (C=O) groups excluding carboxylic acids is 2. The molecule has 0 unspecified atom stereocenters. The Morgan fingerprint density at radius 1 is 1.14 bits per heavy atom. The van der Waals surface area contributed by atoms with Gasteiger partial charge in [-0.3, -0.25) is 14.7 Å². The number of H-pyrrole nitrogens is 1. The molecular formula is C20H26FN5O2. The van der Waals surface area contributed by atoms with Gasteiger partial charge in [0.05, 0.1) is 5.69 Å². The summed E-state index contributed by atoms with van der Waals surface area (Å²) in [6.07, 6.45) is 0.488. The molecule has 1 aromatic heterocycles. The predicted octanol–water partition coefficient (Wildman–Crippen LogP) is 1.76. The Morgan fingerprint density at radius 3 is 2.46 bits per heavy atom. The summed E-state index contributed by atoms with van der Waals surface area (Å²) >= 11 is 0. The molecule has 2 heterocycles. The van der Waals surface area contributed by atoms with Crippen LogP contribution in [0.2, 0.25) is 0 Å². The fourth-order valence-corrected chi connectivity index (χ4v) is 3.19. The number of hydrogen-bond acceptors (Lipinski definition) is 4. The average Bonchev–Trinajstić information content (AvgIpc) is 3.18. The third kappa shape index (κ3) is 4.56. The number of aryl methyl sites for hydroxylation is 1. The van der Waals surface area contributed by atoms with Crippen molar-refractivity contribution in [2.24, 2.45) is 0 Å². The van der Waals surface area contributed by atoms with Gasteiger partial charge in [0.15, 0.2) is 0 Å². The van der Waals surface area contributed by atoms with Gasteiger partial charge in [-0.2, -0.15) is 5.10 Å². The van der Waals surface area contributed by atoms with Gasteiger partial charge in [0, 0.05) is 44.7 Å². The molecule has 2 aromatic rings. The normalized spacial score (nSPS) is 14.6. The van der Waals surface area contributed by atoms with Crippen molar-refractivity contribution in [2.75, 3.05) is 46.8 Å². The van der Waals surface area contributed by atoms with E-state index in [2.05, 4.69) is 10.2 Å². The zero-order valence-electron chi connectivity index (χ0n) is 16.5. The molecule has 1 N–H and O–H groups in total. The SMILES string of the molecule is Cc1cc(-c2cc(C(=O)N3CCN(C(=O)CCN(C)C)CC3)[nH]n2)ccc1F. The van der Waals surface area contributed by atoms with E-state index in [1.54, 1.807) is 30.0 Å². The molecule has 1 fully saturated rings. The van der Waals surface area contributed by atoms with Crippen molar-refractivity contribution < 1.29 is 14.0 Å². The van der Waals surface area contributed by atoms with Crippen molar-refractivity contribution in [3.05, 3.63) is 41.3 Å². The molecule has 0 spiro atoms. The number of nitrogens with one attached hydrogen (secondary N) is 1. The van der Waals surface area contributed by atoms with Gasteiger partial charge in [-0.1, -0.05) is 0 Å².